The van der Waals surface area contributed by atoms with Crippen LogP contribution < -0.4 is 0 Å². The molecule has 3 nitrogen and oxygen atoms in total. The van der Waals surface area contributed by atoms with Gasteiger partial charge >= 0.3 is 5.97 Å². The second-order valence-electron chi connectivity index (χ2n) is 4.53. The summed E-state index contributed by atoms with van der Waals surface area (Å²) in [7, 11) is 0. The molecule has 2 fully saturated rings. The fourth-order valence-corrected chi connectivity index (χ4v) is 2.46. The lowest BCUT2D eigenvalue weighted by molar-refractivity contribution is -0.160. The summed E-state index contributed by atoms with van der Waals surface area (Å²) in [4.78, 5) is 11.5. The minimum atomic E-state index is -0.573. The van der Waals surface area contributed by atoms with Crippen molar-refractivity contribution in [3.63, 3.8) is 0 Å². The lowest BCUT2D eigenvalue weighted by Crippen LogP contribution is -2.36. The van der Waals surface area contributed by atoms with Gasteiger partial charge in [0.15, 0.2) is 11.7 Å². The summed E-state index contributed by atoms with van der Waals surface area (Å²) >= 11 is 0. The minimum absolute atomic E-state index is 0.246. The third kappa shape index (κ3) is 0.913. The predicted molar refractivity (Wildman–Crippen MR) is 53.2 cm³/mol. The van der Waals surface area contributed by atoms with Crippen molar-refractivity contribution >= 4 is 5.97 Å². The molecule has 0 unspecified atom stereocenters. The number of ether oxygens (including phenoxy) is 2. The molecular weight excluding hydrogens is 192 g/mol. The van der Waals surface area contributed by atoms with Crippen LogP contribution in [-0.4, -0.2) is 17.7 Å². The minimum Gasteiger partial charge on any atom is -0.454 e. The zero-order valence-electron chi connectivity index (χ0n) is 8.69. The molecule has 3 rings (SSSR count). The Morgan fingerprint density at radius 2 is 1.87 bits per heavy atom. The molecule has 2 heterocycles. The highest BCUT2D eigenvalue weighted by molar-refractivity contribution is 5.84. The molecule has 0 amide bonds. The Kier molecular flexibility index (Phi) is 1.44. The van der Waals surface area contributed by atoms with Crippen LogP contribution in [0.15, 0.2) is 30.3 Å². The highest BCUT2D eigenvalue weighted by atomic mass is 16.7. The number of cyclic esters (lactones) is 1. The number of hydrogen-bond donors (Lipinski definition) is 0. The van der Waals surface area contributed by atoms with Crippen LogP contribution in [0.1, 0.15) is 19.4 Å². The van der Waals surface area contributed by atoms with E-state index in [1.807, 2.05) is 44.2 Å². The molecule has 0 aliphatic carbocycles. The first kappa shape index (κ1) is 8.92. The molecule has 0 bridgehead atoms. The number of carbonyl (C=O) groups is 1. The number of benzene rings is 1. The summed E-state index contributed by atoms with van der Waals surface area (Å²) in [6.45, 7) is 3.79. The first-order valence-corrected chi connectivity index (χ1v) is 5.04. The zero-order chi connectivity index (χ0) is 10.7. The smallest absolute Gasteiger partial charge is 0.339 e. The molecule has 1 aromatic rings. The average Bonchev–Trinajstić information content (AvgIpc) is 2.90. The number of esters is 1. The molecule has 0 aromatic heterocycles. The Bertz CT molecular complexity index is 424. The maximum absolute atomic E-state index is 11.5. The molecule has 0 saturated carbocycles. The number of rotatable bonds is 1. The van der Waals surface area contributed by atoms with Gasteiger partial charge in [0.05, 0.1) is 0 Å². The molecule has 3 heteroatoms. The fourth-order valence-electron chi connectivity index (χ4n) is 2.46. The maximum atomic E-state index is 11.5. The number of carbonyl (C=O) groups excluding carboxylic acids is 1. The van der Waals surface area contributed by atoms with Crippen molar-refractivity contribution in [2.45, 2.75) is 31.2 Å². The molecule has 2 saturated heterocycles. The number of hydrogen-bond acceptors (Lipinski definition) is 3. The molecule has 2 atom stereocenters. The van der Waals surface area contributed by atoms with Crippen LogP contribution >= 0.6 is 0 Å². The summed E-state index contributed by atoms with van der Waals surface area (Å²) in [5.74, 6) is -0.246. The van der Waals surface area contributed by atoms with E-state index in [1.54, 1.807) is 0 Å². The maximum Gasteiger partial charge on any atom is 0.339 e. The summed E-state index contributed by atoms with van der Waals surface area (Å²) in [6.07, 6.45) is -0.408. The molecule has 0 radical (unpaired) electrons. The van der Waals surface area contributed by atoms with Gasteiger partial charge in [-0.25, -0.2) is 4.79 Å². The number of fused-ring (bicyclic) bond motifs is 1. The summed E-state index contributed by atoms with van der Waals surface area (Å²) in [6, 6.07) is 9.79. The topological polar surface area (TPSA) is 38.8 Å². The molecular formula is C12H12O3. The Hall–Kier alpha value is -1.35. The molecule has 1 aromatic carbocycles. The van der Waals surface area contributed by atoms with E-state index >= 15 is 0 Å². The van der Waals surface area contributed by atoms with E-state index in [-0.39, 0.29) is 5.97 Å². The van der Waals surface area contributed by atoms with Crippen molar-refractivity contribution in [3.05, 3.63) is 35.9 Å². The van der Waals surface area contributed by atoms with Gasteiger partial charge in [0.1, 0.15) is 5.60 Å². The number of epoxide rings is 1. The SMILES string of the molecule is CC1(C)OC(=O)[C@@H]2O[C@]21c1ccccc1. The van der Waals surface area contributed by atoms with E-state index in [1.165, 1.54) is 0 Å². The Balaban J connectivity index is 2.11. The predicted octanol–water partition coefficient (Wildman–Crippen LogP) is 1.62. The van der Waals surface area contributed by atoms with E-state index in [4.69, 9.17) is 9.47 Å². The standard InChI is InChI=1S/C12H12O3/c1-11(2)12(8-6-4-3-5-7-8)9(14-12)10(13)15-11/h3-7,9H,1-2H3/t9-,12+/m0/s1. The first-order chi connectivity index (χ1) is 7.08. The lowest BCUT2D eigenvalue weighted by Gasteiger charge is -2.27. The van der Waals surface area contributed by atoms with Crippen molar-refractivity contribution in [1.82, 2.24) is 0 Å². The van der Waals surface area contributed by atoms with Crippen LogP contribution in [0.3, 0.4) is 0 Å². The second-order valence-corrected chi connectivity index (χ2v) is 4.53. The van der Waals surface area contributed by atoms with Crippen molar-refractivity contribution in [3.8, 4) is 0 Å². The van der Waals surface area contributed by atoms with E-state index < -0.39 is 17.3 Å². The zero-order valence-corrected chi connectivity index (χ0v) is 8.69. The third-order valence-electron chi connectivity index (χ3n) is 3.28. The molecule has 0 N–H and O–H groups in total. The normalized spacial score (nSPS) is 35.9. The lowest BCUT2D eigenvalue weighted by atomic mass is 9.83. The third-order valence-corrected chi connectivity index (χ3v) is 3.28. The first-order valence-electron chi connectivity index (χ1n) is 5.04. The van der Waals surface area contributed by atoms with Crippen molar-refractivity contribution < 1.29 is 14.3 Å². The quantitative estimate of drug-likeness (QED) is 0.515. The molecule has 0 spiro atoms. The summed E-state index contributed by atoms with van der Waals surface area (Å²) < 4.78 is 10.9. The van der Waals surface area contributed by atoms with Crippen LogP contribution in [0.2, 0.25) is 0 Å². The summed E-state index contributed by atoms with van der Waals surface area (Å²) in [5, 5.41) is 0. The van der Waals surface area contributed by atoms with Gasteiger partial charge in [-0.05, 0) is 19.4 Å². The van der Waals surface area contributed by atoms with Crippen LogP contribution in [0, 0.1) is 0 Å². The van der Waals surface area contributed by atoms with Gasteiger partial charge in [0.2, 0.25) is 0 Å². The van der Waals surface area contributed by atoms with Gasteiger partial charge in [0, 0.05) is 0 Å². The molecule has 15 heavy (non-hydrogen) atoms. The molecule has 78 valence electrons. The van der Waals surface area contributed by atoms with E-state index in [0.717, 1.165) is 5.56 Å². The Morgan fingerprint density at radius 3 is 2.33 bits per heavy atom. The van der Waals surface area contributed by atoms with Crippen LogP contribution in [0.5, 0.6) is 0 Å². The van der Waals surface area contributed by atoms with Gasteiger partial charge in [-0.2, -0.15) is 0 Å². The van der Waals surface area contributed by atoms with Crippen LogP contribution in [-0.2, 0) is 19.9 Å². The van der Waals surface area contributed by atoms with Crippen LogP contribution in [0.4, 0.5) is 0 Å². The monoisotopic (exact) mass is 204 g/mol. The van der Waals surface area contributed by atoms with Gasteiger partial charge in [-0.15, -0.1) is 0 Å². The van der Waals surface area contributed by atoms with Gasteiger partial charge in [-0.1, -0.05) is 30.3 Å². The highest BCUT2D eigenvalue weighted by Crippen LogP contribution is 2.60. The van der Waals surface area contributed by atoms with Crippen molar-refractivity contribution in [2.24, 2.45) is 0 Å². The molecule has 2 aliphatic rings. The van der Waals surface area contributed by atoms with E-state index in [0.29, 0.717) is 0 Å². The fraction of sp³-hybridized carbons (Fsp3) is 0.417. The largest absolute Gasteiger partial charge is 0.454 e. The van der Waals surface area contributed by atoms with Crippen LogP contribution in [0.25, 0.3) is 0 Å². The van der Waals surface area contributed by atoms with E-state index in [9.17, 15) is 4.79 Å². The highest BCUT2D eigenvalue weighted by Gasteiger charge is 2.77. The van der Waals surface area contributed by atoms with Gasteiger partial charge in [0.25, 0.3) is 0 Å². The van der Waals surface area contributed by atoms with Gasteiger partial charge < -0.3 is 9.47 Å². The average molecular weight is 204 g/mol. The van der Waals surface area contributed by atoms with Crippen molar-refractivity contribution in [2.75, 3.05) is 0 Å². The van der Waals surface area contributed by atoms with E-state index in [2.05, 4.69) is 0 Å². The van der Waals surface area contributed by atoms with Gasteiger partial charge in [-0.3, -0.25) is 0 Å². The second kappa shape index (κ2) is 2.42. The summed E-state index contributed by atoms with van der Waals surface area (Å²) in [5.41, 5.74) is -0.104. The van der Waals surface area contributed by atoms with Crippen molar-refractivity contribution in [1.29, 1.82) is 0 Å². The Morgan fingerprint density at radius 1 is 1.20 bits per heavy atom. The molecule has 2 aliphatic heterocycles. The Labute approximate surface area is 88.0 Å².